The quantitative estimate of drug-likeness (QED) is 0.764. The van der Waals surface area contributed by atoms with Crippen LogP contribution >= 0.6 is 0 Å². The van der Waals surface area contributed by atoms with E-state index in [0.29, 0.717) is 0 Å². The zero-order chi connectivity index (χ0) is 10.7. The molecule has 1 aliphatic carbocycles. The van der Waals surface area contributed by atoms with Crippen molar-refractivity contribution in [3.8, 4) is 0 Å². The molecule has 15 heavy (non-hydrogen) atoms. The summed E-state index contributed by atoms with van der Waals surface area (Å²) < 4.78 is 0. The van der Waals surface area contributed by atoms with E-state index < -0.39 is 0 Å². The van der Waals surface area contributed by atoms with Crippen molar-refractivity contribution in [3.05, 3.63) is 0 Å². The van der Waals surface area contributed by atoms with Gasteiger partial charge in [-0.1, -0.05) is 13.8 Å². The monoisotopic (exact) mass is 210 g/mol. The summed E-state index contributed by atoms with van der Waals surface area (Å²) in [4.78, 5) is 2.58. The molecule has 0 aromatic carbocycles. The molecule has 2 fully saturated rings. The molecule has 0 bridgehead atoms. The second-order valence-electron chi connectivity index (χ2n) is 5.44. The van der Waals surface area contributed by atoms with E-state index in [-0.39, 0.29) is 0 Å². The van der Waals surface area contributed by atoms with Crippen LogP contribution in [-0.2, 0) is 0 Å². The molecule has 2 rings (SSSR count). The molecule has 0 aromatic rings. The van der Waals surface area contributed by atoms with Gasteiger partial charge in [0.05, 0.1) is 0 Å². The molecule has 3 unspecified atom stereocenters. The fourth-order valence-electron chi connectivity index (χ4n) is 2.68. The van der Waals surface area contributed by atoms with Gasteiger partial charge in [0.15, 0.2) is 0 Å². The second kappa shape index (κ2) is 5.31. The zero-order valence-electron chi connectivity index (χ0n) is 10.3. The molecule has 0 aromatic heterocycles. The molecular weight excluding hydrogens is 184 g/mol. The molecular formula is C13H26N2. The van der Waals surface area contributed by atoms with Gasteiger partial charge in [-0.25, -0.2) is 0 Å². The average Bonchev–Trinajstić information content (AvgIpc) is 2.97. The first-order chi connectivity index (χ1) is 7.29. The Balaban J connectivity index is 1.64. The van der Waals surface area contributed by atoms with Gasteiger partial charge in [-0.15, -0.1) is 0 Å². The minimum Gasteiger partial charge on any atom is -0.314 e. The van der Waals surface area contributed by atoms with Crippen molar-refractivity contribution in [1.29, 1.82) is 0 Å². The van der Waals surface area contributed by atoms with E-state index in [1.54, 1.807) is 0 Å². The third-order valence-electron chi connectivity index (χ3n) is 4.21. The van der Waals surface area contributed by atoms with E-state index in [2.05, 4.69) is 24.1 Å². The Morgan fingerprint density at radius 3 is 2.73 bits per heavy atom. The van der Waals surface area contributed by atoms with Gasteiger partial charge in [-0.05, 0) is 63.7 Å². The Morgan fingerprint density at radius 2 is 2.07 bits per heavy atom. The van der Waals surface area contributed by atoms with Crippen LogP contribution in [-0.4, -0.2) is 37.1 Å². The molecule has 1 saturated heterocycles. The fraction of sp³-hybridized carbons (Fsp3) is 1.00. The summed E-state index contributed by atoms with van der Waals surface area (Å²) >= 11 is 0. The van der Waals surface area contributed by atoms with Crippen molar-refractivity contribution >= 4 is 0 Å². The van der Waals surface area contributed by atoms with Gasteiger partial charge < -0.3 is 10.2 Å². The topological polar surface area (TPSA) is 15.3 Å². The molecule has 2 aliphatic rings. The maximum atomic E-state index is 3.77. The Bertz CT molecular complexity index is 193. The minimum atomic E-state index is 0.800. The van der Waals surface area contributed by atoms with E-state index >= 15 is 0 Å². The minimum absolute atomic E-state index is 0.800. The molecule has 1 N–H and O–H groups in total. The van der Waals surface area contributed by atoms with Crippen LogP contribution in [0.3, 0.4) is 0 Å². The molecule has 2 heteroatoms. The molecule has 1 heterocycles. The lowest BCUT2D eigenvalue weighted by molar-refractivity contribution is 0.297. The standard InChI is InChI=1S/C13H26N2/c1-3-15-7-4-5-13(6-8-15)14-10-12-9-11(12)2/h11-14H,3-10H2,1-2H3. The number of rotatable bonds is 4. The predicted octanol–water partition coefficient (Wildman–Crippen LogP) is 2.11. The highest BCUT2D eigenvalue weighted by atomic mass is 15.1. The SMILES string of the molecule is CCN1CCCC(NCC2CC2C)CC1. The lowest BCUT2D eigenvalue weighted by Crippen LogP contribution is -2.32. The molecule has 1 saturated carbocycles. The summed E-state index contributed by atoms with van der Waals surface area (Å²) in [5.74, 6) is 1.99. The van der Waals surface area contributed by atoms with Gasteiger partial charge in [-0.2, -0.15) is 0 Å². The van der Waals surface area contributed by atoms with E-state index in [1.165, 1.54) is 51.9 Å². The maximum absolute atomic E-state index is 3.77. The van der Waals surface area contributed by atoms with E-state index in [4.69, 9.17) is 0 Å². The first kappa shape index (κ1) is 11.4. The number of likely N-dealkylation sites (tertiary alicyclic amines) is 1. The second-order valence-corrected chi connectivity index (χ2v) is 5.44. The van der Waals surface area contributed by atoms with Gasteiger partial charge in [-0.3, -0.25) is 0 Å². The van der Waals surface area contributed by atoms with Gasteiger partial charge in [0, 0.05) is 6.04 Å². The van der Waals surface area contributed by atoms with Gasteiger partial charge in [0.1, 0.15) is 0 Å². The van der Waals surface area contributed by atoms with Crippen molar-refractivity contribution < 1.29 is 0 Å². The molecule has 0 radical (unpaired) electrons. The van der Waals surface area contributed by atoms with Crippen LogP contribution in [0, 0.1) is 11.8 Å². The summed E-state index contributed by atoms with van der Waals surface area (Å²) in [6.07, 6.45) is 5.58. The highest BCUT2D eigenvalue weighted by Crippen LogP contribution is 2.36. The Morgan fingerprint density at radius 1 is 1.27 bits per heavy atom. The molecule has 0 amide bonds. The number of nitrogens with one attached hydrogen (secondary N) is 1. The van der Waals surface area contributed by atoms with Gasteiger partial charge in [0.2, 0.25) is 0 Å². The maximum Gasteiger partial charge on any atom is 0.00798 e. The van der Waals surface area contributed by atoms with Crippen LogP contribution in [0.2, 0.25) is 0 Å². The highest BCUT2D eigenvalue weighted by Gasteiger charge is 2.32. The third kappa shape index (κ3) is 3.46. The number of hydrogen-bond donors (Lipinski definition) is 1. The largest absolute Gasteiger partial charge is 0.314 e. The van der Waals surface area contributed by atoms with Crippen molar-refractivity contribution in [3.63, 3.8) is 0 Å². The lowest BCUT2D eigenvalue weighted by Gasteiger charge is -2.18. The van der Waals surface area contributed by atoms with Crippen LogP contribution in [0.5, 0.6) is 0 Å². The summed E-state index contributed by atoms with van der Waals surface area (Å²) in [6, 6.07) is 0.800. The predicted molar refractivity (Wildman–Crippen MR) is 65.0 cm³/mol. The fourth-order valence-corrected chi connectivity index (χ4v) is 2.68. The van der Waals surface area contributed by atoms with Crippen molar-refractivity contribution in [2.24, 2.45) is 11.8 Å². The molecule has 1 aliphatic heterocycles. The molecule has 3 atom stereocenters. The number of hydrogen-bond acceptors (Lipinski definition) is 2. The zero-order valence-corrected chi connectivity index (χ0v) is 10.3. The van der Waals surface area contributed by atoms with Crippen molar-refractivity contribution in [1.82, 2.24) is 10.2 Å². The third-order valence-corrected chi connectivity index (χ3v) is 4.21. The van der Waals surface area contributed by atoms with Gasteiger partial charge >= 0.3 is 0 Å². The van der Waals surface area contributed by atoms with Crippen molar-refractivity contribution in [2.75, 3.05) is 26.2 Å². The summed E-state index contributed by atoms with van der Waals surface area (Å²) in [5.41, 5.74) is 0. The lowest BCUT2D eigenvalue weighted by atomic mass is 10.1. The Labute approximate surface area is 94.4 Å². The van der Waals surface area contributed by atoms with Crippen LogP contribution in [0.15, 0.2) is 0 Å². The summed E-state index contributed by atoms with van der Waals surface area (Å²) in [6.45, 7) is 9.77. The van der Waals surface area contributed by atoms with Crippen molar-refractivity contribution in [2.45, 2.75) is 45.6 Å². The summed E-state index contributed by atoms with van der Waals surface area (Å²) in [7, 11) is 0. The Kier molecular flexibility index (Phi) is 4.04. The molecule has 0 spiro atoms. The van der Waals surface area contributed by atoms with E-state index in [0.717, 1.165) is 17.9 Å². The van der Waals surface area contributed by atoms with Crippen LogP contribution in [0.1, 0.15) is 39.5 Å². The summed E-state index contributed by atoms with van der Waals surface area (Å²) in [5, 5.41) is 3.77. The first-order valence-electron chi connectivity index (χ1n) is 6.75. The first-order valence-corrected chi connectivity index (χ1v) is 6.75. The normalized spacial score (nSPS) is 37.6. The van der Waals surface area contributed by atoms with Gasteiger partial charge in [0.25, 0.3) is 0 Å². The van der Waals surface area contributed by atoms with E-state index in [9.17, 15) is 0 Å². The van der Waals surface area contributed by atoms with E-state index in [1.807, 2.05) is 0 Å². The number of nitrogens with zero attached hydrogens (tertiary/aromatic N) is 1. The van der Waals surface area contributed by atoms with Crippen LogP contribution in [0.4, 0.5) is 0 Å². The Hall–Kier alpha value is -0.0800. The average molecular weight is 210 g/mol. The molecule has 2 nitrogen and oxygen atoms in total. The highest BCUT2D eigenvalue weighted by molar-refractivity contribution is 4.86. The van der Waals surface area contributed by atoms with Crippen LogP contribution < -0.4 is 5.32 Å². The van der Waals surface area contributed by atoms with Crippen LogP contribution in [0.25, 0.3) is 0 Å². The smallest absolute Gasteiger partial charge is 0.00798 e. The molecule has 88 valence electrons.